The van der Waals surface area contributed by atoms with E-state index in [-0.39, 0.29) is 52.7 Å². The van der Waals surface area contributed by atoms with Crippen LogP contribution in [0.15, 0.2) is 42.5 Å². The number of carbonyl (C=O) groups excluding carboxylic acids is 5. The van der Waals surface area contributed by atoms with E-state index in [1.54, 1.807) is 30.0 Å². The largest absolute Gasteiger partial charge is 0.507 e. The lowest BCUT2D eigenvalue weighted by atomic mass is 9.90. The summed E-state index contributed by atoms with van der Waals surface area (Å²) in [4.78, 5) is 71.8. The maximum Gasteiger partial charge on any atom is 0.264 e. The Balaban J connectivity index is 0.676. The molecule has 1 atom stereocenters. The van der Waals surface area contributed by atoms with E-state index in [2.05, 4.69) is 38.6 Å². The smallest absolute Gasteiger partial charge is 0.264 e. The number of anilines is 1. The van der Waals surface area contributed by atoms with Gasteiger partial charge in [-0.05, 0) is 60.9 Å². The standard InChI is InChI=1S/C49H62N6O11/c1-32-40(56)27-41(57)44(45(32)66-31-33-6-3-2-4-7-33)48(61)54-29-35-11-10-34(26-36(35)30-54)28-53-17-15-52(16-18-53)19-21-64-23-25-65-24-22-63-20-14-50-38-9-5-8-37-43(38)49(62)55(47(37)60)39-12-13-42(58)51-46(39)59/h5,8-11,26-27,33,39,50,56-57H,2-4,6-7,12-25,28-31H2,1H3,(H,51,58,59). The third-order valence-corrected chi connectivity index (χ3v) is 13.4. The van der Waals surface area contributed by atoms with Gasteiger partial charge in [0, 0.05) is 82.6 Å². The van der Waals surface area contributed by atoms with E-state index in [0.717, 1.165) is 68.1 Å². The summed E-state index contributed by atoms with van der Waals surface area (Å²) in [5, 5.41) is 26.8. The number of nitrogens with zero attached hydrogens (tertiary/aromatic N) is 4. The molecule has 0 aromatic heterocycles. The number of fused-ring (bicyclic) bond motifs is 2. The molecule has 1 saturated carbocycles. The van der Waals surface area contributed by atoms with Gasteiger partial charge in [-0.3, -0.25) is 44.0 Å². The minimum Gasteiger partial charge on any atom is -0.507 e. The molecule has 66 heavy (non-hydrogen) atoms. The Morgan fingerprint density at radius 1 is 0.788 bits per heavy atom. The molecule has 354 valence electrons. The van der Waals surface area contributed by atoms with Crippen LogP contribution in [0.25, 0.3) is 0 Å². The molecule has 0 bridgehead atoms. The Morgan fingerprint density at radius 2 is 1.50 bits per heavy atom. The second-order valence-electron chi connectivity index (χ2n) is 17.9. The van der Waals surface area contributed by atoms with E-state index < -0.39 is 29.7 Å². The first-order valence-electron chi connectivity index (χ1n) is 23.4. The Hall–Kier alpha value is -5.59. The highest BCUT2D eigenvalue weighted by atomic mass is 16.5. The summed E-state index contributed by atoms with van der Waals surface area (Å²) in [5.41, 5.74) is 4.91. The second kappa shape index (κ2) is 21.8. The summed E-state index contributed by atoms with van der Waals surface area (Å²) in [6.07, 6.45) is 5.91. The molecule has 0 radical (unpaired) electrons. The fraction of sp³-hybridized carbons (Fsp3) is 0.531. The highest BCUT2D eigenvalue weighted by Gasteiger charge is 2.45. The van der Waals surface area contributed by atoms with Crippen LogP contribution in [0.2, 0.25) is 0 Å². The molecule has 8 rings (SSSR count). The molecule has 1 unspecified atom stereocenters. The predicted octanol–water partition coefficient (Wildman–Crippen LogP) is 4.20. The molecule has 5 aliphatic rings. The lowest BCUT2D eigenvalue weighted by Gasteiger charge is -2.34. The first kappa shape index (κ1) is 46.9. The first-order chi connectivity index (χ1) is 32.0. The Morgan fingerprint density at radius 3 is 2.26 bits per heavy atom. The van der Waals surface area contributed by atoms with Crippen molar-refractivity contribution < 1.29 is 53.1 Å². The van der Waals surface area contributed by atoms with Gasteiger partial charge in [0.2, 0.25) is 11.8 Å². The van der Waals surface area contributed by atoms with E-state index in [1.807, 2.05) is 0 Å². The molecule has 3 aromatic rings. The minimum absolute atomic E-state index is 0.0635. The molecular formula is C49H62N6O11. The fourth-order valence-corrected chi connectivity index (χ4v) is 9.60. The Kier molecular flexibility index (Phi) is 15.5. The van der Waals surface area contributed by atoms with Crippen molar-refractivity contribution in [3.05, 3.63) is 81.4 Å². The van der Waals surface area contributed by atoms with Gasteiger partial charge in [-0.2, -0.15) is 0 Å². The number of phenols is 2. The van der Waals surface area contributed by atoms with E-state index in [4.69, 9.17) is 18.9 Å². The maximum absolute atomic E-state index is 14.0. The lowest BCUT2D eigenvalue weighted by molar-refractivity contribution is -0.136. The summed E-state index contributed by atoms with van der Waals surface area (Å²) in [5.74, 6) is -2.13. The Bertz CT molecular complexity index is 2270. The molecule has 4 heterocycles. The number of hydrogen-bond acceptors (Lipinski definition) is 14. The zero-order chi connectivity index (χ0) is 46.2. The zero-order valence-corrected chi connectivity index (χ0v) is 37.8. The maximum atomic E-state index is 14.0. The molecule has 4 N–H and O–H groups in total. The van der Waals surface area contributed by atoms with Gasteiger partial charge >= 0.3 is 0 Å². The highest BCUT2D eigenvalue weighted by molar-refractivity contribution is 6.25. The van der Waals surface area contributed by atoms with Crippen molar-refractivity contribution in [2.24, 2.45) is 5.92 Å². The van der Waals surface area contributed by atoms with Crippen LogP contribution < -0.4 is 15.4 Å². The van der Waals surface area contributed by atoms with Crippen molar-refractivity contribution in [2.45, 2.75) is 77.5 Å². The van der Waals surface area contributed by atoms with Crippen LogP contribution in [-0.4, -0.2) is 151 Å². The number of benzene rings is 3. The quantitative estimate of drug-likeness (QED) is 0.0929. The molecule has 1 aliphatic carbocycles. The zero-order valence-electron chi connectivity index (χ0n) is 37.8. The molecule has 5 amide bonds. The molecular weight excluding hydrogens is 849 g/mol. The van der Waals surface area contributed by atoms with E-state index in [0.29, 0.717) is 83.1 Å². The van der Waals surface area contributed by atoms with Crippen LogP contribution in [0.5, 0.6) is 17.2 Å². The van der Waals surface area contributed by atoms with E-state index in [1.165, 1.54) is 30.9 Å². The average Bonchev–Trinajstić information content (AvgIpc) is 3.85. The van der Waals surface area contributed by atoms with Gasteiger partial charge in [0.15, 0.2) is 0 Å². The van der Waals surface area contributed by atoms with Gasteiger partial charge in [0.05, 0.1) is 57.4 Å². The molecule has 17 nitrogen and oxygen atoms in total. The number of nitrogens with one attached hydrogen (secondary N) is 2. The third-order valence-electron chi connectivity index (χ3n) is 13.4. The van der Waals surface area contributed by atoms with Crippen molar-refractivity contribution in [1.29, 1.82) is 0 Å². The highest BCUT2D eigenvalue weighted by Crippen LogP contribution is 2.41. The topological polar surface area (TPSA) is 200 Å². The van der Waals surface area contributed by atoms with Gasteiger partial charge < -0.3 is 39.4 Å². The monoisotopic (exact) mass is 910 g/mol. The lowest BCUT2D eigenvalue weighted by Crippen LogP contribution is -2.54. The molecule has 3 fully saturated rings. The fourth-order valence-electron chi connectivity index (χ4n) is 9.60. The number of piperazine rings is 1. The van der Waals surface area contributed by atoms with Crippen molar-refractivity contribution in [1.82, 2.24) is 24.9 Å². The van der Waals surface area contributed by atoms with Crippen LogP contribution >= 0.6 is 0 Å². The van der Waals surface area contributed by atoms with Gasteiger partial charge in [-0.1, -0.05) is 43.5 Å². The Labute approximate surface area is 385 Å². The van der Waals surface area contributed by atoms with Crippen LogP contribution in [0.1, 0.15) is 98.3 Å². The van der Waals surface area contributed by atoms with Crippen molar-refractivity contribution in [3.63, 3.8) is 0 Å². The van der Waals surface area contributed by atoms with Gasteiger partial charge in [0.1, 0.15) is 28.9 Å². The molecule has 2 saturated heterocycles. The number of hydrogen-bond donors (Lipinski definition) is 4. The number of rotatable bonds is 20. The molecule has 17 heteroatoms. The van der Waals surface area contributed by atoms with Crippen molar-refractivity contribution in [3.8, 4) is 17.2 Å². The number of carbonyl (C=O) groups is 5. The summed E-state index contributed by atoms with van der Waals surface area (Å²) >= 11 is 0. The van der Waals surface area contributed by atoms with E-state index in [9.17, 15) is 34.2 Å². The van der Waals surface area contributed by atoms with Crippen molar-refractivity contribution in [2.75, 3.05) is 90.8 Å². The van der Waals surface area contributed by atoms with Crippen LogP contribution in [-0.2, 0) is 43.4 Å². The second-order valence-corrected chi connectivity index (χ2v) is 17.9. The van der Waals surface area contributed by atoms with Crippen LogP contribution in [0, 0.1) is 12.8 Å². The number of aromatic hydroxyl groups is 2. The summed E-state index contributed by atoms with van der Waals surface area (Å²) in [6.45, 7) is 11.6. The minimum atomic E-state index is -1.02. The SMILES string of the molecule is Cc1c(O)cc(O)c(C(=O)N2Cc3ccc(CN4CCN(CCOCCOCCOCCNc5cccc6c5C(=O)N(C5CCC(=O)NC5=O)C6=O)CC4)cc3C2)c1OCC1CCCCC1. The van der Waals surface area contributed by atoms with Crippen LogP contribution in [0.4, 0.5) is 5.69 Å². The molecule has 3 aromatic carbocycles. The molecule has 4 aliphatic heterocycles. The van der Waals surface area contributed by atoms with Gasteiger partial charge in [-0.25, -0.2) is 0 Å². The summed E-state index contributed by atoms with van der Waals surface area (Å²) < 4.78 is 23.4. The van der Waals surface area contributed by atoms with Crippen molar-refractivity contribution >= 4 is 35.2 Å². The summed E-state index contributed by atoms with van der Waals surface area (Å²) in [6, 6.07) is 11.6. The van der Waals surface area contributed by atoms with E-state index >= 15 is 0 Å². The summed E-state index contributed by atoms with van der Waals surface area (Å²) in [7, 11) is 0. The average molecular weight is 911 g/mol. The normalized spacial score (nSPS) is 19.3. The predicted molar refractivity (Wildman–Crippen MR) is 242 cm³/mol. The number of piperidine rings is 1. The van der Waals surface area contributed by atoms with Gasteiger partial charge in [-0.15, -0.1) is 0 Å². The third kappa shape index (κ3) is 11.0. The number of ether oxygens (including phenoxy) is 4. The van der Waals surface area contributed by atoms with Crippen LogP contribution in [0.3, 0.4) is 0 Å². The van der Waals surface area contributed by atoms with Gasteiger partial charge in [0.25, 0.3) is 17.7 Å². The number of phenolic OH excluding ortho intramolecular Hbond substituents is 2. The number of imide groups is 2. The molecule has 0 spiro atoms. The first-order valence-corrected chi connectivity index (χ1v) is 23.4. The number of amides is 5.